The average molecular weight is 388 g/mol. The summed E-state index contributed by atoms with van der Waals surface area (Å²) in [6, 6.07) is 16.1. The van der Waals surface area contributed by atoms with Crippen LogP contribution in [0.1, 0.15) is 31.1 Å². The second-order valence-corrected chi connectivity index (χ2v) is 7.57. The highest BCUT2D eigenvalue weighted by Gasteiger charge is 2.31. The predicted octanol–water partition coefficient (Wildman–Crippen LogP) is 4.28. The number of ether oxygens (including phenoxy) is 1. The van der Waals surface area contributed by atoms with Crippen molar-refractivity contribution < 1.29 is 9.53 Å². The minimum atomic E-state index is 0.0422. The number of aryl methyl sites for hydroxylation is 1. The van der Waals surface area contributed by atoms with Gasteiger partial charge in [0.25, 0.3) is 0 Å². The van der Waals surface area contributed by atoms with E-state index in [1.165, 1.54) is 0 Å². The fourth-order valence-corrected chi connectivity index (χ4v) is 4.34. The number of H-pyrrole nitrogens is 1. The van der Waals surface area contributed by atoms with Crippen molar-refractivity contribution in [2.75, 3.05) is 13.7 Å². The number of nitrogens with one attached hydrogen (secondary N) is 1. The molecule has 148 valence electrons. The van der Waals surface area contributed by atoms with Gasteiger partial charge in [-0.1, -0.05) is 12.1 Å². The third-order valence-electron chi connectivity index (χ3n) is 5.84. The van der Waals surface area contributed by atoms with Gasteiger partial charge in [0.05, 0.1) is 24.2 Å². The molecule has 0 bridgehead atoms. The number of rotatable bonds is 5. The zero-order chi connectivity index (χ0) is 19.8. The van der Waals surface area contributed by atoms with Gasteiger partial charge in [-0.3, -0.25) is 4.79 Å². The number of carbonyl (C=O) groups excluding carboxylic acids is 1. The van der Waals surface area contributed by atoms with E-state index in [0.717, 1.165) is 52.9 Å². The third-order valence-corrected chi connectivity index (χ3v) is 5.84. The molecule has 0 spiro atoms. The second kappa shape index (κ2) is 7.28. The molecule has 6 heteroatoms. The average Bonchev–Trinajstić information content (AvgIpc) is 3.48. The van der Waals surface area contributed by atoms with Crippen molar-refractivity contribution in [3.8, 4) is 5.75 Å². The molecule has 5 rings (SSSR count). The molecule has 4 aromatic rings. The van der Waals surface area contributed by atoms with Gasteiger partial charge in [0, 0.05) is 36.6 Å². The van der Waals surface area contributed by atoms with E-state index in [9.17, 15) is 4.79 Å². The lowest BCUT2D eigenvalue weighted by Crippen LogP contribution is -2.31. The maximum atomic E-state index is 13.0. The van der Waals surface area contributed by atoms with Gasteiger partial charge in [-0.2, -0.15) is 0 Å². The fraction of sp³-hybridized carbons (Fsp3) is 0.304. The van der Waals surface area contributed by atoms with Crippen LogP contribution in [0.5, 0.6) is 5.75 Å². The van der Waals surface area contributed by atoms with E-state index >= 15 is 0 Å². The Morgan fingerprint density at radius 3 is 3.00 bits per heavy atom. The van der Waals surface area contributed by atoms with Crippen LogP contribution in [0.25, 0.3) is 21.9 Å². The van der Waals surface area contributed by atoms with Gasteiger partial charge in [-0.15, -0.1) is 0 Å². The van der Waals surface area contributed by atoms with Crippen molar-refractivity contribution in [3.05, 3.63) is 60.6 Å². The first-order valence-electron chi connectivity index (χ1n) is 10.1. The number of nitrogens with zero attached hydrogens (tertiary/aromatic N) is 3. The van der Waals surface area contributed by atoms with Crippen molar-refractivity contribution in [3.63, 3.8) is 0 Å². The Kier molecular flexibility index (Phi) is 4.46. The van der Waals surface area contributed by atoms with Gasteiger partial charge in [0.2, 0.25) is 5.91 Å². The molecule has 1 saturated heterocycles. The van der Waals surface area contributed by atoms with Gasteiger partial charge >= 0.3 is 0 Å². The van der Waals surface area contributed by atoms with Crippen molar-refractivity contribution in [2.24, 2.45) is 0 Å². The summed E-state index contributed by atoms with van der Waals surface area (Å²) in [6.45, 7) is 1.46. The molecule has 1 fully saturated rings. The van der Waals surface area contributed by atoms with Crippen LogP contribution in [0.4, 0.5) is 0 Å². The number of methoxy groups -OCH3 is 1. The van der Waals surface area contributed by atoms with Crippen LogP contribution in [-0.4, -0.2) is 39.0 Å². The molecule has 1 aliphatic heterocycles. The van der Waals surface area contributed by atoms with E-state index in [0.29, 0.717) is 13.0 Å². The van der Waals surface area contributed by atoms with Crippen LogP contribution < -0.4 is 4.74 Å². The highest BCUT2D eigenvalue weighted by Crippen LogP contribution is 2.32. The van der Waals surface area contributed by atoms with Crippen molar-refractivity contribution in [1.82, 2.24) is 19.4 Å². The van der Waals surface area contributed by atoms with Gasteiger partial charge in [-0.05, 0) is 49.2 Å². The van der Waals surface area contributed by atoms with Crippen molar-refractivity contribution in [1.29, 1.82) is 0 Å². The summed E-state index contributed by atoms with van der Waals surface area (Å²) in [4.78, 5) is 23.2. The number of hydrogen-bond acceptors (Lipinski definition) is 3. The zero-order valence-electron chi connectivity index (χ0n) is 16.5. The van der Waals surface area contributed by atoms with Crippen LogP contribution >= 0.6 is 0 Å². The molecule has 0 saturated carbocycles. The Morgan fingerprint density at radius 2 is 2.14 bits per heavy atom. The smallest absolute Gasteiger partial charge is 0.224 e. The first-order valence-corrected chi connectivity index (χ1v) is 10.1. The molecule has 6 nitrogen and oxygen atoms in total. The summed E-state index contributed by atoms with van der Waals surface area (Å²) in [7, 11) is 1.67. The number of amides is 1. The van der Waals surface area contributed by atoms with Crippen LogP contribution in [0, 0.1) is 0 Å². The summed E-state index contributed by atoms with van der Waals surface area (Å²) in [5.74, 6) is 1.93. The lowest BCUT2D eigenvalue weighted by atomic mass is 10.2. The Morgan fingerprint density at radius 1 is 1.24 bits per heavy atom. The predicted molar refractivity (Wildman–Crippen MR) is 113 cm³/mol. The van der Waals surface area contributed by atoms with Crippen LogP contribution in [0.15, 0.2) is 54.7 Å². The largest absolute Gasteiger partial charge is 0.497 e. The zero-order valence-corrected chi connectivity index (χ0v) is 16.5. The Bertz CT molecular complexity index is 1140. The molecule has 1 aliphatic rings. The number of imidazole rings is 1. The molecular weight excluding hydrogens is 364 g/mol. The number of likely N-dealkylation sites (tertiary alicyclic amines) is 1. The highest BCUT2D eigenvalue weighted by molar-refractivity contribution is 5.82. The lowest BCUT2D eigenvalue weighted by Gasteiger charge is -2.23. The SMILES string of the molecule is COc1ccc2c(ccn2CCC(=O)N2CCCC2c2nc3ccccc3[nH]2)c1. The molecule has 0 radical (unpaired) electrons. The van der Waals surface area contributed by atoms with E-state index < -0.39 is 0 Å². The summed E-state index contributed by atoms with van der Waals surface area (Å²) in [6.07, 6.45) is 4.49. The first-order chi connectivity index (χ1) is 14.2. The summed E-state index contributed by atoms with van der Waals surface area (Å²) in [5, 5.41) is 1.12. The van der Waals surface area contributed by atoms with Gasteiger partial charge < -0.3 is 19.2 Å². The van der Waals surface area contributed by atoms with Crippen LogP contribution in [0.2, 0.25) is 0 Å². The monoisotopic (exact) mass is 388 g/mol. The molecule has 3 heterocycles. The van der Waals surface area contributed by atoms with Gasteiger partial charge in [-0.25, -0.2) is 4.98 Å². The Hall–Kier alpha value is -3.28. The molecule has 2 aromatic heterocycles. The molecule has 0 aliphatic carbocycles. The minimum absolute atomic E-state index is 0.0422. The van der Waals surface area contributed by atoms with E-state index in [1.54, 1.807) is 7.11 Å². The minimum Gasteiger partial charge on any atom is -0.497 e. The first kappa shape index (κ1) is 17.8. The molecule has 29 heavy (non-hydrogen) atoms. The van der Waals surface area contributed by atoms with Crippen LogP contribution in [-0.2, 0) is 11.3 Å². The lowest BCUT2D eigenvalue weighted by molar-refractivity contribution is -0.132. The number of aromatic amines is 1. The number of aromatic nitrogens is 3. The van der Waals surface area contributed by atoms with E-state index in [1.807, 2.05) is 53.6 Å². The normalized spacial score (nSPS) is 16.7. The molecule has 1 N–H and O–H groups in total. The molecular formula is C23H24N4O2. The number of hydrogen-bond donors (Lipinski definition) is 1. The molecule has 1 amide bonds. The standard InChI is InChI=1S/C23H24N4O2/c1-29-17-8-9-20-16(15-17)10-13-26(20)14-11-22(28)27-12-4-7-21(27)23-24-18-5-2-3-6-19(18)25-23/h2-3,5-6,8-10,13,15,21H,4,7,11-12,14H2,1H3,(H,24,25). The van der Waals surface area contributed by atoms with E-state index in [2.05, 4.69) is 15.6 Å². The highest BCUT2D eigenvalue weighted by atomic mass is 16.5. The van der Waals surface area contributed by atoms with Gasteiger partial charge in [0.15, 0.2) is 0 Å². The third kappa shape index (κ3) is 3.24. The number of fused-ring (bicyclic) bond motifs is 2. The maximum absolute atomic E-state index is 13.0. The Labute approximate surface area is 169 Å². The van der Waals surface area contributed by atoms with Crippen molar-refractivity contribution in [2.45, 2.75) is 31.8 Å². The quantitative estimate of drug-likeness (QED) is 0.555. The molecule has 1 atom stereocenters. The van der Waals surface area contributed by atoms with Crippen molar-refractivity contribution >= 4 is 27.8 Å². The fourth-order valence-electron chi connectivity index (χ4n) is 4.34. The number of benzene rings is 2. The van der Waals surface area contributed by atoms with E-state index in [4.69, 9.17) is 9.72 Å². The molecule has 1 unspecified atom stereocenters. The summed E-state index contributed by atoms with van der Waals surface area (Å²) < 4.78 is 7.43. The molecule has 2 aromatic carbocycles. The summed E-state index contributed by atoms with van der Waals surface area (Å²) in [5.41, 5.74) is 3.10. The topological polar surface area (TPSA) is 63.1 Å². The Balaban J connectivity index is 1.31. The summed E-state index contributed by atoms with van der Waals surface area (Å²) >= 11 is 0. The number of para-hydroxylation sites is 2. The number of carbonyl (C=O) groups is 1. The van der Waals surface area contributed by atoms with E-state index in [-0.39, 0.29) is 11.9 Å². The second-order valence-electron chi connectivity index (χ2n) is 7.57. The maximum Gasteiger partial charge on any atom is 0.224 e. The van der Waals surface area contributed by atoms with Crippen LogP contribution in [0.3, 0.4) is 0 Å². The van der Waals surface area contributed by atoms with Gasteiger partial charge in [0.1, 0.15) is 11.6 Å².